The number of ether oxygens (including phenoxy) is 1. The Morgan fingerprint density at radius 1 is 0.614 bits per heavy atom. The average Bonchev–Trinajstić information content (AvgIpc) is 3.94. The van der Waals surface area contributed by atoms with Crippen LogP contribution >= 0.6 is 0 Å². The fourth-order valence-corrected chi connectivity index (χ4v) is 9.37. The molecule has 0 saturated carbocycles. The number of allylic oxidation sites excluding steroid dienone is 10. The second kappa shape index (κ2) is 12.8. The molecular weight excluding hydrogens is 699 g/mol. The normalized spacial score (nSPS) is 18.5. The quantitative estimate of drug-likeness (QED) is 0.177. The van der Waals surface area contributed by atoms with E-state index in [0.29, 0.717) is 5.95 Å². The van der Waals surface area contributed by atoms with Crippen molar-refractivity contribution >= 4 is 60.5 Å². The lowest BCUT2D eigenvalue weighted by molar-refractivity contribution is 0.279. The van der Waals surface area contributed by atoms with Crippen LogP contribution in [0.2, 0.25) is 0 Å². The summed E-state index contributed by atoms with van der Waals surface area (Å²) in [7, 11) is 0. The number of benzene rings is 5. The van der Waals surface area contributed by atoms with Crippen LogP contribution in [0.15, 0.2) is 164 Å². The van der Waals surface area contributed by atoms with Crippen LogP contribution in [0.3, 0.4) is 0 Å². The van der Waals surface area contributed by atoms with Gasteiger partial charge >= 0.3 is 0 Å². The largest absolute Gasteiger partial charge is 0.485 e. The van der Waals surface area contributed by atoms with E-state index >= 15 is 0 Å². The lowest BCUT2D eigenvalue weighted by Crippen LogP contribution is -2.14. The minimum atomic E-state index is 0.0617. The molecule has 0 N–H and O–H groups in total. The number of nitrogens with zero attached hydrogens (tertiary/aromatic N) is 5. The van der Waals surface area contributed by atoms with E-state index in [1.807, 2.05) is 6.07 Å². The van der Waals surface area contributed by atoms with Gasteiger partial charge in [0.1, 0.15) is 17.7 Å². The molecule has 3 aromatic heterocycles. The van der Waals surface area contributed by atoms with E-state index in [-0.39, 0.29) is 12.0 Å². The third-order valence-corrected chi connectivity index (χ3v) is 12.0. The van der Waals surface area contributed by atoms with Crippen molar-refractivity contribution in [1.82, 2.24) is 24.1 Å². The number of hydrogen-bond acceptors (Lipinski definition) is 4. The summed E-state index contributed by atoms with van der Waals surface area (Å²) >= 11 is 0. The van der Waals surface area contributed by atoms with Gasteiger partial charge in [0.25, 0.3) is 0 Å². The lowest BCUT2D eigenvalue weighted by Gasteiger charge is -2.19. The minimum absolute atomic E-state index is 0.0617. The molecule has 6 nitrogen and oxygen atoms in total. The van der Waals surface area contributed by atoms with Crippen molar-refractivity contribution in [1.29, 1.82) is 0 Å². The van der Waals surface area contributed by atoms with Gasteiger partial charge in [0.15, 0.2) is 5.82 Å². The molecule has 3 aliphatic carbocycles. The molecule has 5 aromatic carbocycles. The van der Waals surface area contributed by atoms with Crippen LogP contribution < -0.4 is 4.74 Å². The molecule has 272 valence electrons. The van der Waals surface area contributed by atoms with Crippen molar-refractivity contribution in [2.24, 2.45) is 0 Å². The molecule has 0 radical (unpaired) electrons. The molecule has 0 saturated heterocycles. The van der Waals surface area contributed by atoms with Crippen molar-refractivity contribution in [2.45, 2.75) is 37.7 Å². The van der Waals surface area contributed by atoms with Crippen molar-refractivity contribution < 1.29 is 4.74 Å². The molecule has 57 heavy (non-hydrogen) atoms. The summed E-state index contributed by atoms with van der Waals surface area (Å²) in [5, 5.41) is 4.81. The number of hydrogen-bond donors (Lipinski definition) is 0. The molecule has 6 heteroatoms. The van der Waals surface area contributed by atoms with Crippen LogP contribution in [0.4, 0.5) is 0 Å². The van der Waals surface area contributed by atoms with E-state index in [1.54, 1.807) is 0 Å². The summed E-state index contributed by atoms with van der Waals surface area (Å²) < 4.78 is 11.0. The highest BCUT2D eigenvalue weighted by Crippen LogP contribution is 2.45. The third kappa shape index (κ3) is 5.07. The highest BCUT2D eigenvalue weighted by Gasteiger charge is 2.31. The minimum Gasteiger partial charge on any atom is -0.485 e. The van der Waals surface area contributed by atoms with Crippen LogP contribution in [-0.4, -0.2) is 30.2 Å². The second-order valence-electron chi connectivity index (χ2n) is 15.3. The second-order valence-corrected chi connectivity index (χ2v) is 15.3. The van der Waals surface area contributed by atoms with Gasteiger partial charge < -0.3 is 9.30 Å². The van der Waals surface area contributed by atoms with E-state index in [0.717, 1.165) is 59.7 Å². The van der Waals surface area contributed by atoms with Gasteiger partial charge in [0, 0.05) is 56.3 Å². The first-order chi connectivity index (χ1) is 28.3. The van der Waals surface area contributed by atoms with Crippen molar-refractivity contribution in [2.75, 3.05) is 0 Å². The molecule has 4 heterocycles. The van der Waals surface area contributed by atoms with E-state index < -0.39 is 0 Å². The first-order valence-electron chi connectivity index (χ1n) is 20.0. The molecule has 1 aliphatic heterocycles. The van der Waals surface area contributed by atoms with Crippen LogP contribution in [0.5, 0.6) is 5.75 Å². The van der Waals surface area contributed by atoms with Gasteiger partial charge in [0.2, 0.25) is 5.95 Å². The molecule has 0 amide bonds. The Labute approximate surface area is 329 Å². The Kier molecular flexibility index (Phi) is 7.21. The predicted octanol–water partition coefficient (Wildman–Crippen LogP) is 12.2. The molecule has 0 bridgehead atoms. The van der Waals surface area contributed by atoms with Crippen LogP contribution in [0.1, 0.15) is 48.8 Å². The molecule has 8 aromatic rings. The van der Waals surface area contributed by atoms with Crippen LogP contribution in [0.25, 0.3) is 77.5 Å². The lowest BCUT2D eigenvalue weighted by atomic mass is 9.95. The fraction of sp³-hybridized carbons (Fsp3) is 0.118. The Balaban J connectivity index is 1.04. The fourth-order valence-electron chi connectivity index (χ4n) is 9.37. The Morgan fingerprint density at radius 3 is 2.30 bits per heavy atom. The van der Waals surface area contributed by atoms with Gasteiger partial charge in [-0.25, -0.2) is 4.98 Å². The topological polar surface area (TPSA) is 57.8 Å². The maximum absolute atomic E-state index is 6.33. The summed E-state index contributed by atoms with van der Waals surface area (Å²) in [5.74, 6) is 3.22. The molecule has 0 fully saturated rings. The predicted molar refractivity (Wildman–Crippen MR) is 232 cm³/mol. The van der Waals surface area contributed by atoms with E-state index in [4.69, 9.17) is 19.7 Å². The highest BCUT2D eigenvalue weighted by atomic mass is 16.5. The maximum atomic E-state index is 6.33. The monoisotopic (exact) mass is 735 g/mol. The van der Waals surface area contributed by atoms with Crippen molar-refractivity contribution in [3.05, 3.63) is 181 Å². The summed E-state index contributed by atoms with van der Waals surface area (Å²) in [5.41, 5.74) is 11.5. The summed E-state index contributed by atoms with van der Waals surface area (Å²) in [4.78, 5) is 15.5. The van der Waals surface area contributed by atoms with Crippen LogP contribution in [0, 0.1) is 0 Å². The summed E-state index contributed by atoms with van der Waals surface area (Å²) in [6, 6.07) is 39.4. The van der Waals surface area contributed by atoms with Gasteiger partial charge in [-0.3, -0.25) is 4.57 Å². The standard InChI is InChI=1S/C51H37N5O/c1-3-14-32(15-4-1)49-52-50(33-16-5-2-6-17-33)54-51(53-49)56-43-23-11-8-20-39(43)48-36(21-13-24-45(48)56)34-26-28-44-40(30-34)37-18-7-10-22-42(37)55(44)35-27-29-47-41(31-35)38-19-9-12-25-46(38)57-47/h1,3-5,7-14,16-28,30-32,47H,2,6,15,29H2. The van der Waals surface area contributed by atoms with Gasteiger partial charge in [0.05, 0.1) is 22.1 Å². The van der Waals surface area contributed by atoms with E-state index in [9.17, 15) is 0 Å². The van der Waals surface area contributed by atoms with Gasteiger partial charge in [-0.1, -0.05) is 121 Å². The Hall–Kier alpha value is -7.05. The first kappa shape index (κ1) is 32.2. The number of fused-ring (bicyclic) bond motifs is 9. The zero-order valence-electron chi connectivity index (χ0n) is 31.2. The molecular formula is C51H37N5O. The summed E-state index contributed by atoms with van der Waals surface area (Å²) in [6.07, 6.45) is 23.6. The molecule has 2 atom stereocenters. The Bertz CT molecular complexity index is 3180. The number of rotatable bonds is 5. The smallest absolute Gasteiger partial charge is 0.238 e. The number of aromatic nitrogens is 5. The van der Waals surface area contributed by atoms with Gasteiger partial charge in [-0.15, -0.1) is 0 Å². The highest BCUT2D eigenvalue weighted by molar-refractivity contribution is 6.17. The van der Waals surface area contributed by atoms with Gasteiger partial charge in [-0.05, 0) is 72.9 Å². The van der Waals surface area contributed by atoms with E-state index in [1.165, 1.54) is 60.5 Å². The number of para-hydroxylation sites is 3. The zero-order chi connectivity index (χ0) is 37.5. The van der Waals surface area contributed by atoms with E-state index in [2.05, 4.69) is 167 Å². The Morgan fingerprint density at radius 2 is 1.42 bits per heavy atom. The first-order valence-corrected chi connectivity index (χ1v) is 20.0. The zero-order valence-corrected chi connectivity index (χ0v) is 31.2. The van der Waals surface area contributed by atoms with Gasteiger partial charge in [-0.2, -0.15) is 9.97 Å². The van der Waals surface area contributed by atoms with Crippen molar-refractivity contribution in [3.63, 3.8) is 0 Å². The molecule has 2 unspecified atom stereocenters. The SMILES string of the molecule is C1=CCC(c2nc(C3=CCCC=C3)nc(-n3c4ccccc4c4c(-c5ccc6c(c5)c5ccccc5n6C5=CCC6Oc7ccccc7C6=C5)cccc43)n2)C=C1. The molecule has 0 spiro atoms. The average molecular weight is 736 g/mol. The van der Waals surface area contributed by atoms with Crippen LogP contribution in [-0.2, 0) is 0 Å². The maximum Gasteiger partial charge on any atom is 0.238 e. The summed E-state index contributed by atoms with van der Waals surface area (Å²) in [6.45, 7) is 0. The third-order valence-electron chi connectivity index (χ3n) is 12.0. The van der Waals surface area contributed by atoms with Crippen molar-refractivity contribution in [3.8, 4) is 22.8 Å². The molecule has 4 aliphatic rings. The molecule has 12 rings (SSSR count).